The third kappa shape index (κ3) is 6.04. The molecule has 33 heavy (non-hydrogen) atoms. The molecule has 170 valence electrons. The van der Waals surface area contributed by atoms with Crippen molar-refractivity contribution in [2.24, 2.45) is 0 Å². The van der Waals surface area contributed by atoms with Gasteiger partial charge in [-0.2, -0.15) is 5.10 Å². The molecule has 0 saturated heterocycles. The van der Waals surface area contributed by atoms with E-state index in [2.05, 4.69) is 27.5 Å². The number of hydrogen-bond donors (Lipinski definition) is 2. The topological polar surface area (TPSA) is 84.7 Å². The van der Waals surface area contributed by atoms with E-state index in [1.165, 1.54) is 0 Å². The molecule has 0 aliphatic heterocycles. The lowest BCUT2D eigenvalue weighted by Crippen LogP contribution is -2.23. The highest BCUT2D eigenvalue weighted by molar-refractivity contribution is 7.71. The number of para-hydroxylation sites is 1. The molecule has 2 N–H and O–H groups in total. The van der Waals surface area contributed by atoms with Crippen molar-refractivity contribution in [3.8, 4) is 0 Å². The summed E-state index contributed by atoms with van der Waals surface area (Å²) in [6.45, 7) is 1.76. The van der Waals surface area contributed by atoms with Gasteiger partial charge < -0.3 is 10.3 Å². The highest BCUT2D eigenvalue weighted by Gasteiger charge is 2.06. The lowest BCUT2D eigenvalue weighted by atomic mass is 10.1. The third-order valence-electron chi connectivity index (χ3n) is 5.56. The van der Waals surface area contributed by atoms with Gasteiger partial charge in [0.15, 0.2) is 4.77 Å². The summed E-state index contributed by atoms with van der Waals surface area (Å²) in [6.07, 6.45) is 6.56. The molecule has 2 heterocycles. The van der Waals surface area contributed by atoms with Gasteiger partial charge >= 0.3 is 0 Å². The Morgan fingerprint density at radius 3 is 2.73 bits per heavy atom. The van der Waals surface area contributed by atoms with E-state index in [1.807, 2.05) is 47.3 Å². The summed E-state index contributed by atoms with van der Waals surface area (Å²) in [5, 5.41) is 7.86. The third-order valence-corrected chi connectivity index (χ3v) is 5.88. The number of amides is 1. The Kier molecular flexibility index (Phi) is 7.47. The maximum absolute atomic E-state index is 12.7. The second kappa shape index (κ2) is 10.9. The summed E-state index contributed by atoms with van der Waals surface area (Å²) in [4.78, 5) is 28.0. The monoisotopic (exact) mass is 461 g/mol. The zero-order valence-corrected chi connectivity index (χ0v) is 19.2. The predicted molar refractivity (Wildman–Crippen MR) is 131 cm³/mol. The Labute approximate surface area is 197 Å². The average Bonchev–Trinajstić information content (AvgIpc) is 3.32. The molecule has 4 aromatic rings. The van der Waals surface area contributed by atoms with Gasteiger partial charge in [-0.25, -0.2) is 0 Å². The average molecular weight is 462 g/mol. The maximum atomic E-state index is 12.7. The van der Waals surface area contributed by atoms with Gasteiger partial charge in [0, 0.05) is 31.9 Å². The largest absolute Gasteiger partial charge is 0.352 e. The van der Waals surface area contributed by atoms with E-state index in [0.717, 1.165) is 35.9 Å². The number of nitrogens with zero attached hydrogens (tertiary/aromatic N) is 3. The van der Waals surface area contributed by atoms with Crippen LogP contribution >= 0.6 is 12.2 Å². The van der Waals surface area contributed by atoms with Crippen molar-refractivity contribution in [3.05, 3.63) is 93.2 Å². The van der Waals surface area contributed by atoms with Crippen LogP contribution in [0.25, 0.3) is 10.9 Å². The van der Waals surface area contributed by atoms with Crippen LogP contribution in [-0.2, 0) is 24.4 Å². The van der Waals surface area contributed by atoms with Gasteiger partial charge in [0.05, 0.1) is 17.4 Å². The lowest BCUT2D eigenvalue weighted by molar-refractivity contribution is -0.121. The van der Waals surface area contributed by atoms with Crippen molar-refractivity contribution >= 4 is 29.0 Å². The first-order valence-electron chi connectivity index (χ1n) is 11.1. The molecule has 0 aliphatic rings. The maximum Gasteiger partial charge on any atom is 0.262 e. The van der Waals surface area contributed by atoms with Crippen molar-refractivity contribution < 1.29 is 4.79 Å². The summed E-state index contributed by atoms with van der Waals surface area (Å²) in [7, 11) is 0. The van der Waals surface area contributed by atoms with Crippen LogP contribution in [0, 0.1) is 4.77 Å². The number of rotatable bonds is 10. The van der Waals surface area contributed by atoms with E-state index >= 15 is 0 Å². The Hall–Kier alpha value is -3.52. The number of benzene rings is 2. The first kappa shape index (κ1) is 22.7. The molecule has 2 aromatic heterocycles. The minimum Gasteiger partial charge on any atom is -0.352 e. The van der Waals surface area contributed by atoms with Gasteiger partial charge in [-0.05, 0) is 54.4 Å². The molecule has 0 spiro atoms. The van der Waals surface area contributed by atoms with E-state index in [-0.39, 0.29) is 11.5 Å². The predicted octanol–water partition coefficient (Wildman–Crippen LogP) is 4.18. The van der Waals surface area contributed by atoms with Crippen molar-refractivity contribution in [2.45, 2.75) is 45.3 Å². The molecule has 0 aliphatic carbocycles. The highest BCUT2D eigenvalue weighted by Crippen LogP contribution is 2.09. The van der Waals surface area contributed by atoms with Crippen LogP contribution in [0.2, 0.25) is 0 Å². The van der Waals surface area contributed by atoms with Gasteiger partial charge in [0.2, 0.25) is 5.91 Å². The Bertz CT molecular complexity index is 1340. The number of nitrogens with one attached hydrogen (secondary N) is 2. The molecule has 0 unspecified atom stereocenters. The van der Waals surface area contributed by atoms with Gasteiger partial charge in [-0.1, -0.05) is 42.8 Å². The molecular formula is C25H27N5O2S. The smallest absolute Gasteiger partial charge is 0.262 e. The van der Waals surface area contributed by atoms with Crippen molar-refractivity contribution in [1.82, 2.24) is 24.6 Å². The highest BCUT2D eigenvalue weighted by atomic mass is 32.1. The van der Waals surface area contributed by atoms with Crippen LogP contribution in [0.15, 0.2) is 71.8 Å². The number of H-pyrrole nitrogens is 1. The number of carbonyl (C=O) groups is 1. The second-order valence-corrected chi connectivity index (χ2v) is 8.43. The van der Waals surface area contributed by atoms with E-state index in [9.17, 15) is 9.59 Å². The lowest BCUT2D eigenvalue weighted by Gasteiger charge is -2.09. The Morgan fingerprint density at radius 2 is 1.88 bits per heavy atom. The zero-order chi connectivity index (χ0) is 23.0. The zero-order valence-electron chi connectivity index (χ0n) is 18.4. The standard InChI is InChI=1S/C25H27N5O2S/c31-23(26-17-19-8-6-9-20(16-19)18-29-14-7-13-27-29)12-2-1-5-15-30-24(32)21-10-3-4-11-22(21)28-25(30)33/h3-4,6-11,13-14,16H,1-2,5,12,15,17-18H2,(H,26,31)(H,28,33). The van der Waals surface area contributed by atoms with Gasteiger partial charge in [-0.15, -0.1) is 0 Å². The van der Waals surface area contributed by atoms with Crippen LogP contribution in [0.3, 0.4) is 0 Å². The fourth-order valence-corrected chi connectivity index (χ4v) is 4.13. The van der Waals surface area contributed by atoms with E-state index in [0.29, 0.717) is 36.2 Å². The number of aromatic nitrogens is 4. The molecule has 1 amide bonds. The van der Waals surface area contributed by atoms with Crippen molar-refractivity contribution in [1.29, 1.82) is 0 Å². The molecule has 0 atom stereocenters. The molecule has 7 nitrogen and oxygen atoms in total. The van der Waals surface area contributed by atoms with Crippen LogP contribution in [-0.4, -0.2) is 25.2 Å². The van der Waals surface area contributed by atoms with Crippen LogP contribution in [0.1, 0.15) is 36.8 Å². The molecule has 8 heteroatoms. The minimum absolute atomic E-state index is 0.0349. The molecule has 4 rings (SSSR count). The minimum atomic E-state index is -0.0677. The molecule has 2 aromatic carbocycles. The van der Waals surface area contributed by atoms with E-state index < -0.39 is 0 Å². The van der Waals surface area contributed by atoms with Crippen LogP contribution in [0.5, 0.6) is 0 Å². The summed E-state index contributed by atoms with van der Waals surface area (Å²) < 4.78 is 3.91. The molecule has 0 saturated carbocycles. The van der Waals surface area contributed by atoms with Crippen molar-refractivity contribution in [3.63, 3.8) is 0 Å². The fraction of sp³-hybridized carbons (Fsp3) is 0.280. The first-order valence-corrected chi connectivity index (χ1v) is 11.5. The van der Waals surface area contributed by atoms with Gasteiger partial charge in [-0.3, -0.25) is 18.8 Å². The van der Waals surface area contributed by atoms with Crippen LogP contribution in [0.4, 0.5) is 0 Å². The number of hydrogen-bond acceptors (Lipinski definition) is 4. The SMILES string of the molecule is O=C(CCCCCn1c(=S)[nH]c2ccccc2c1=O)NCc1cccc(Cn2cccn2)c1. The number of aromatic amines is 1. The van der Waals surface area contributed by atoms with Crippen molar-refractivity contribution in [2.75, 3.05) is 0 Å². The second-order valence-electron chi connectivity index (χ2n) is 8.04. The van der Waals surface area contributed by atoms with E-state index in [1.54, 1.807) is 16.8 Å². The molecule has 0 fully saturated rings. The normalized spacial score (nSPS) is 11.0. The Morgan fingerprint density at radius 1 is 1.03 bits per heavy atom. The first-order chi connectivity index (χ1) is 16.1. The number of carbonyl (C=O) groups excluding carboxylic acids is 1. The Balaban J connectivity index is 1.20. The molecular weight excluding hydrogens is 434 g/mol. The quantitative estimate of drug-likeness (QED) is 0.274. The van der Waals surface area contributed by atoms with Crippen LogP contribution < -0.4 is 10.9 Å². The van der Waals surface area contributed by atoms with Gasteiger partial charge in [0.25, 0.3) is 5.56 Å². The summed E-state index contributed by atoms with van der Waals surface area (Å²) in [5.41, 5.74) is 2.90. The fourth-order valence-electron chi connectivity index (χ4n) is 3.84. The molecule has 0 radical (unpaired) electrons. The number of fused-ring (bicyclic) bond motifs is 1. The summed E-state index contributed by atoms with van der Waals surface area (Å²) >= 11 is 5.35. The van der Waals surface area contributed by atoms with Gasteiger partial charge in [0.1, 0.15) is 0 Å². The van der Waals surface area contributed by atoms with E-state index in [4.69, 9.17) is 12.2 Å². The molecule has 0 bridgehead atoms. The number of unbranched alkanes of at least 4 members (excludes halogenated alkanes) is 2. The summed E-state index contributed by atoms with van der Waals surface area (Å²) in [6, 6.07) is 17.4. The summed E-state index contributed by atoms with van der Waals surface area (Å²) in [5.74, 6) is 0.0349.